The summed E-state index contributed by atoms with van der Waals surface area (Å²) in [6.45, 7) is 0.399. The van der Waals surface area contributed by atoms with Gasteiger partial charge < -0.3 is 10.1 Å². The second-order valence-corrected chi connectivity index (χ2v) is 5.13. The average Bonchev–Trinajstić information content (AvgIpc) is 2.44. The first-order valence-corrected chi connectivity index (χ1v) is 6.79. The molecule has 1 aliphatic carbocycles. The maximum atomic E-state index is 13.0. The number of rotatable bonds is 4. The van der Waals surface area contributed by atoms with Crippen LogP contribution in [0, 0.1) is 5.92 Å². The molecule has 3 nitrogen and oxygen atoms in total. The van der Waals surface area contributed by atoms with Crippen LogP contribution in [-0.2, 0) is 6.54 Å². The molecule has 1 heterocycles. The summed E-state index contributed by atoms with van der Waals surface area (Å²) in [5.74, 6) is -0.764. The summed E-state index contributed by atoms with van der Waals surface area (Å²) in [6, 6.07) is 3.02. The lowest BCUT2D eigenvalue weighted by Gasteiger charge is -2.33. The number of methoxy groups -OCH3 is 1. The van der Waals surface area contributed by atoms with E-state index < -0.39 is 18.1 Å². The Labute approximate surface area is 116 Å². The summed E-state index contributed by atoms with van der Waals surface area (Å²) in [5, 5.41) is 3.04. The highest BCUT2D eigenvalue weighted by Gasteiger charge is 2.45. The molecule has 0 spiro atoms. The largest absolute Gasteiger partial charge is 0.481 e. The molecule has 0 saturated heterocycles. The van der Waals surface area contributed by atoms with Gasteiger partial charge in [0.05, 0.1) is 13.0 Å². The second kappa shape index (κ2) is 6.43. The van der Waals surface area contributed by atoms with Crippen LogP contribution in [0.5, 0.6) is 5.88 Å². The SMILES string of the molecule is COc1cc(CNC2CCCCC2C(F)(F)F)ccn1. The lowest BCUT2D eigenvalue weighted by atomic mass is 9.84. The minimum Gasteiger partial charge on any atom is -0.481 e. The van der Waals surface area contributed by atoms with Gasteiger partial charge in [-0.25, -0.2) is 4.98 Å². The molecule has 6 heteroatoms. The van der Waals surface area contributed by atoms with Gasteiger partial charge in [0.15, 0.2) is 0 Å². The summed E-state index contributed by atoms with van der Waals surface area (Å²) in [7, 11) is 1.51. The summed E-state index contributed by atoms with van der Waals surface area (Å²) in [4.78, 5) is 3.98. The number of nitrogens with one attached hydrogen (secondary N) is 1. The van der Waals surface area contributed by atoms with Gasteiger partial charge in [-0.3, -0.25) is 0 Å². The predicted molar refractivity (Wildman–Crippen MR) is 69.4 cm³/mol. The number of alkyl halides is 3. The number of hydrogen-bond donors (Lipinski definition) is 1. The molecular formula is C14H19F3N2O. The van der Waals surface area contributed by atoms with E-state index in [0.717, 1.165) is 12.0 Å². The van der Waals surface area contributed by atoms with Crippen molar-refractivity contribution in [3.8, 4) is 5.88 Å². The van der Waals surface area contributed by atoms with Crippen molar-refractivity contribution in [2.45, 2.75) is 44.4 Å². The maximum absolute atomic E-state index is 13.0. The van der Waals surface area contributed by atoms with E-state index in [2.05, 4.69) is 10.3 Å². The van der Waals surface area contributed by atoms with Crippen LogP contribution in [0.25, 0.3) is 0 Å². The standard InChI is InChI=1S/C14H19F3N2O/c1-20-13-8-10(6-7-18-13)9-19-12-5-3-2-4-11(12)14(15,16)17/h6-8,11-12,19H,2-5,9H2,1H3. The molecule has 1 saturated carbocycles. The average molecular weight is 288 g/mol. The Bertz CT molecular complexity index is 437. The van der Waals surface area contributed by atoms with Crippen molar-refractivity contribution in [3.63, 3.8) is 0 Å². The van der Waals surface area contributed by atoms with Gasteiger partial charge >= 0.3 is 6.18 Å². The molecule has 0 amide bonds. The van der Waals surface area contributed by atoms with Crippen molar-refractivity contribution in [1.29, 1.82) is 0 Å². The highest BCUT2D eigenvalue weighted by atomic mass is 19.4. The molecule has 0 aromatic carbocycles. The fraction of sp³-hybridized carbons (Fsp3) is 0.643. The lowest BCUT2D eigenvalue weighted by Crippen LogP contribution is -2.45. The summed E-state index contributed by atoms with van der Waals surface area (Å²) in [5.41, 5.74) is 0.878. The molecule has 112 valence electrons. The predicted octanol–water partition coefficient (Wildman–Crippen LogP) is 3.30. The van der Waals surface area contributed by atoms with Crippen LogP contribution in [0.4, 0.5) is 13.2 Å². The first-order valence-electron chi connectivity index (χ1n) is 6.79. The van der Waals surface area contributed by atoms with Crippen LogP contribution in [0.2, 0.25) is 0 Å². The summed E-state index contributed by atoms with van der Waals surface area (Å²) < 4.78 is 43.9. The Morgan fingerprint density at radius 1 is 1.35 bits per heavy atom. The van der Waals surface area contributed by atoms with Crippen LogP contribution >= 0.6 is 0 Å². The third kappa shape index (κ3) is 3.85. The second-order valence-electron chi connectivity index (χ2n) is 5.13. The summed E-state index contributed by atoms with van der Waals surface area (Å²) in [6.07, 6.45) is -0.214. The minimum atomic E-state index is -4.12. The minimum absolute atomic E-state index is 0.223. The van der Waals surface area contributed by atoms with E-state index in [1.807, 2.05) is 0 Å². The number of nitrogens with zero attached hydrogens (tertiary/aromatic N) is 1. The highest BCUT2D eigenvalue weighted by Crippen LogP contribution is 2.37. The zero-order valence-corrected chi connectivity index (χ0v) is 11.4. The van der Waals surface area contributed by atoms with Crippen molar-refractivity contribution >= 4 is 0 Å². The molecular weight excluding hydrogens is 269 g/mol. The molecule has 0 radical (unpaired) electrons. The van der Waals surface area contributed by atoms with E-state index in [9.17, 15) is 13.2 Å². The van der Waals surface area contributed by atoms with E-state index in [1.54, 1.807) is 18.3 Å². The first-order chi connectivity index (χ1) is 9.50. The topological polar surface area (TPSA) is 34.1 Å². The van der Waals surface area contributed by atoms with Crippen LogP contribution in [0.3, 0.4) is 0 Å². The van der Waals surface area contributed by atoms with E-state index in [1.165, 1.54) is 7.11 Å². The van der Waals surface area contributed by atoms with Crippen molar-refractivity contribution < 1.29 is 17.9 Å². The monoisotopic (exact) mass is 288 g/mol. The quantitative estimate of drug-likeness (QED) is 0.923. The molecule has 2 unspecified atom stereocenters. The fourth-order valence-electron chi connectivity index (χ4n) is 2.69. The van der Waals surface area contributed by atoms with Gasteiger partial charge in [0.2, 0.25) is 5.88 Å². The lowest BCUT2D eigenvalue weighted by molar-refractivity contribution is -0.189. The Morgan fingerprint density at radius 2 is 2.10 bits per heavy atom. The van der Waals surface area contributed by atoms with Gasteiger partial charge in [0.1, 0.15) is 0 Å². The number of pyridine rings is 1. The van der Waals surface area contributed by atoms with E-state index in [4.69, 9.17) is 4.74 Å². The van der Waals surface area contributed by atoms with Crippen molar-refractivity contribution in [3.05, 3.63) is 23.9 Å². The Balaban J connectivity index is 1.97. The Kier molecular flexibility index (Phi) is 4.86. The normalized spacial score (nSPS) is 23.6. The molecule has 1 fully saturated rings. The van der Waals surface area contributed by atoms with Gasteiger partial charge in [0, 0.05) is 24.8 Å². The third-order valence-corrected chi connectivity index (χ3v) is 3.76. The van der Waals surface area contributed by atoms with Crippen molar-refractivity contribution in [1.82, 2.24) is 10.3 Å². The Morgan fingerprint density at radius 3 is 2.80 bits per heavy atom. The van der Waals surface area contributed by atoms with Gasteiger partial charge in [-0.2, -0.15) is 13.2 Å². The number of halogens is 3. The first kappa shape index (κ1) is 15.1. The fourth-order valence-corrected chi connectivity index (χ4v) is 2.69. The van der Waals surface area contributed by atoms with Crippen LogP contribution in [-0.4, -0.2) is 24.3 Å². The van der Waals surface area contributed by atoms with Crippen LogP contribution in [0.15, 0.2) is 18.3 Å². The number of ether oxygens (including phenoxy) is 1. The molecule has 0 bridgehead atoms. The van der Waals surface area contributed by atoms with Gasteiger partial charge in [0.25, 0.3) is 0 Å². The number of aromatic nitrogens is 1. The Hall–Kier alpha value is -1.30. The van der Waals surface area contributed by atoms with Crippen molar-refractivity contribution in [2.24, 2.45) is 5.92 Å². The van der Waals surface area contributed by atoms with Crippen molar-refractivity contribution in [2.75, 3.05) is 7.11 Å². The summed E-state index contributed by atoms with van der Waals surface area (Å²) >= 11 is 0. The highest BCUT2D eigenvalue weighted by molar-refractivity contribution is 5.20. The molecule has 2 rings (SSSR count). The van der Waals surface area contributed by atoms with Gasteiger partial charge in [-0.05, 0) is 24.5 Å². The maximum Gasteiger partial charge on any atom is 0.393 e. The molecule has 20 heavy (non-hydrogen) atoms. The van der Waals surface area contributed by atoms with Gasteiger partial charge in [-0.1, -0.05) is 12.8 Å². The number of hydrogen-bond acceptors (Lipinski definition) is 3. The van der Waals surface area contributed by atoms with E-state index in [-0.39, 0.29) is 6.42 Å². The van der Waals surface area contributed by atoms with Crippen LogP contribution < -0.4 is 10.1 Å². The third-order valence-electron chi connectivity index (χ3n) is 3.76. The van der Waals surface area contributed by atoms with Gasteiger partial charge in [-0.15, -0.1) is 0 Å². The smallest absolute Gasteiger partial charge is 0.393 e. The molecule has 2 atom stereocenters. The zero-order valence-electron chi connectivity index (χ0n) is 11.4. The van der Waals surface area contributed by atoms with Crippen LogP contribution in [0.1, 0.15) is 31.2 Å². The molecule has 1 aromatic heterocycles. The van der Waals surface area contributed by atoms with E-state index >= 15 is 0 Å². The van der Waals surface area contributed by atoms with E-state index in [0.29, 0.717) is 25.3 Å². The molecule has 1 aliphatic rings. The zero-order chi connectivity index (χ0) is 14.6. The molecule has 1 aromatic rings. The molecule has 0 aliphatic heterocycles. The molecule has 1 N–H and O–H groups in total.